The largest absolute Gasteiger partial charge is 0.339 e. The molecule has 0 aromatic heterocycles. The molecule has 2 amide bonds. The van der Waals surface area contributed by atoms with Gasteiger partial charge in [0.25, 0.3) is 0 Å². The average Bonchev–Trinajstić information content (AvgIpc) is 2.49. The van der Waals surface area contributed by atoms with Crippen LogP contribution < -0.4 is 0 Å². The molecule has 0 radical (unpaired) electrons. The predicted molar refractivity (Wildman–Crippen MR) is 85.9 cm³/mol. The molecule has 2 fully saturated rings. The molecule has 0 aromatic rings. The van der Waals surface area contributed by atoms with E-state index in [0.717, 1.165) is 25.7 Å². The molecule has 0 bridgehead atoms. The van der Waals surface area contributed by atoms with E-state index in [9.17, 15) is 9.59 Å². The molecule has 4 nitrogen and oxygen atoms in total. The van der Waals surface area contributed by atoms with Crippen LogP contribution in [0, 0.1) is 11.3 Å². The molecule has 0 aromatic carbocycles. The Balaban J connectivity index is 0.00000106. The molecule has 1 saturated heterocycles. The van der Waals surface area contributed by atoms with Crippen LogP contribution in [-0.4, -0.2) is 47.8 Å². The van der Waals surface area contributed by atoms with Crippen molar-refractivity contribution in [2.45, 2.75) is 60.3 Å². The van der Waals surface area contributed by atoms with Crippen LogP contribution in [0.1, 0.15) is 60.3 Å². The molecule has 0 unspecified atom stereocenters. The zero-order chi connectivity index (χ0) is 16.0. The SMILES string of the molecule is CC.CC(=O)N1CCN(C(=O)C2CCC(C)(C)CC2)CC1. The molecule has 1 aliphatic heterocycles. The van der Waals surface area contributed by atoms with Gasteiger partial charge < -0.3 is 9.80 Å². The number of rotatable bonds is 1. The van der Waals surface area contributed by atoms with E-state index >= 15 is 0 Å². The summed E-state index contributed by atoms with van der Waals surface area (Å²) in [5.74, 6) is 0.655. The van der Waals surface area contributed by atoms with Gasteiger partial charge in [-0.3, -0.25) is 9.59 Å². The van der Waals surface area contributed by atoms with Crippen molar-refractivity contribution >= 4 is 11.8 Å². The molecule has 1 saturated carbocycles. The van der Waals surface area contributed by atoms with Gasteiger partial charge in [-0.15, -0.1) is 0 Å². The summed E-state index contributed by atoms with van der Waals surface area (Å²) in [4.78, 5) is 27.5. The molecule has 2 aliphatic rings. The van der Waals surface area contributed by atoms with E-state index in [2.05, 4.69) is 13.8 Å². The van der Waals surface area contributed by atoms with Gasteiger partial charge in [-0.05, 0) is 31.1 Å². The summed E-state index contributed by atoms with van der Waals surface area (Å²) >= 11 is 0. The fourth-order valence-corrected chi connectivity index (χ4v) is 3.15. The Morgan fingerprint density at radius 2 is 1.33 bits per heavy atom. The third kappa shape index (κ3) is 5.01. The number of hydrogen-bond donors (Lipinski definition) is 0. The minimum Gasteiger partial charge on any atom is -0.339 e. The van der Waals surface area contributed by atoms with Crippen molar-refractivity contribution in [2.24, 2.45) is 11.3 Å². The van der Waals surface area contributed by atoms with E-state index in [1.165, 1.54) is 0 Å². The van der Waals surface area contributed by atoms with Crippen molar-refractivity contribution in [2.75, 3.05) is 26.2 Å². The maximum Gasteiger partial charge on any atom is 0.225 e. The van der Waals surface area contributed by atoms with Gasteiger partial charge in [-0.2, -0.15) is 0 Å². The van der Waals surface area contributed by atoms with Crippen LogP contribution in [0.15, 0.2) is 0 Å². The van der Waals surface area contributed by atoms with Gasteiger partial charge in [0.15, 0.2) is 0 Å². The highest BCUT2D eigenvalue weighted by Crippen LogP contribution is 2.38. The fraction of sp³-hybridized carbons (Fsp3) is 0.882. The molecule has 1 aliphatic carbocycles. The van der Waals surface area contributed by atoms with E-state index in [0.29, 0.717) is 37.5 Å². The summed E-state index contributed by atoms with van der Waals surface area (Å²) in [5, 5.41) is 0. The van der Waals surface area contributed by atoms with Crippen LogP contribution in [0.3, 0.4) is 0 Å². The van der Waals surface area contributed by atoms with Crippen LogP contribution in [-0.2, 0) is 9.59 Å². The molecule has 0 spiro atoms. The number of carbonyl (C=O) groups is 2. The first kappa shape index (κ1) is 18.0. The predicted octanol–water partition coefficient (Wildman–Crippen LogP) is 2.92. The van der Waals surface area contributed by atoms with Crippen LogP contribution in [0.25, 0.3) is 0 Å². The smallest absolute Gasteiger partial charge is 0.225 e. The molecular formula is C17H32N2O2. The summed E-state index contributed by atoms with van der Waals surface area (Å²) in [7, 11) is 0. The van der Waals surface area contributed by atoms with Gasteiger partial charge in [0.1, 0.15) is 0 Å². The van der Waals surface area contributed by atoms with Gasteiger partial charge in [0, 0.05) is 39.0 Å². The molecule has 2 rings (SSSR count). The third-order valence-electron chi connectivity index (χ3n) is 4.73. The van der Waals surface area contributed by atoms with E-state index in [4.69, 9.17) is 0 Å². The van der Waals surface area contributed by atoms with Crippen LogP contribution in [0.4, 0.5) is 0 Å². The minimum atomic E-state index is 0.117. The van der Waals surface area contributed by atoms with Crippen molar-refractivity contribution in [1.82, 2.24) is 9.80 Å². The van der Waals surface area contributed by atoms with Crippen LogP contribution in [0.5, 0.6) is 0 Å². The fourth-order valence-electron chi connectivity index (χ4n) is 3.15. The first-order valence-electron chi connectivity index (χ1n) is 8.43. The standard InChI is InChI=1S/C15H26N2O2.C2H6/c1-12(18)16-8-10-17(11-9-16)14(19)13-4-6-15(2,3)7-5-13;1-2/h13H,4-11H2,1-3H3;1-2H3. The van der Waals surface area contributed by atoms with E-state index < -0.39 is 0 Å². The number of hydrogen-bond acceptors (Lipinski definition) is 2. The van der Waals surface area contributed by atoms with Gasteiger partial charge in [0.05, 0.1) is 0 Å². The topological polar surface area (TPSA) is 40.6 Å². The zero-order valence-electron chi connectivity index (χ0n) is 14.4. The van der Waals surface area contributed by atoms with Gasteiger partial charge >= 0.3 is 0 Å². The third-order valence-corrected chi connectivity index (χ3v) is 4.73. The first-order chi connectivity index (χ1) is 9.89. The lowest BCUT2D eigenvalue weighted by molar-refractivity contribution is -0.142. The highest BCUT2D eigenvalue weighted by molar-refractivity contribution is 5.79. The minimum absolute atomic E-state index is 0.117. The lowest BCUT2D eigenvalue weighted by Gasteiger charge is -2.39. The second-order valence-electron chi connectivity index (χ2n) is 6.77. The molecule has 122 valence electrons. The summed E-state index contributed by atoms with van der Waals surface area (Å²) in [6.07, 6.45) is 4.35. The normalized spacial score (nSPS) is 22.3. The van der Waals surface area contributed by atoms with Crippen LogP contribution >= 0.6 is 0 Å². The summed E-state index contributed by atoms with van der Waals surface area (Å²) in [6, 6.07) is 0. The van der Waals surface area contributed by atoms with Gasteiger partial charge in [-0.1, -0.05) is 27.7 Å². The van der Waals surface area contributed by atoms with Gasteiger partial charge in [-0.25, -0.2) is 0 Å². The Kier molecular flexibility index (Phi) is 6.69. The van der Waals surface area contributed by atoms with Crippen molar-refractivity contribution in [3.8, 4) is 0 Å². The Morgan fingerprint density at radius 3 is 1.76 bits per heavy atom. The molecule has 4 heteroatoms. The van der Waals surface area contributed by atoms with E-state index in [1.54, 1.807) is 6.92 Å². The Labute approximate surface area is 129 Å². The van der Waals surface area contributed by atoms with Crippen molar-refractivity contribution < 1.29 is 9.59 Å². The number of piperazine rings is 1. The monoisotopic (exact) mass is 296 g/mol. The highest BCUT2D eigenvalue weighted by atomic mass is 16.2. The van der Waals surface area contributed by atoms with Crippen molar-refractivity contribution in [3.05, 3.63) is 0 Å². The maximum atomic E-state index is 12.5. The van der Waals surface area contributed by atoms with E-state index in [-0.39, 0.29) is 11.8 Å². The van der Waals surface area contributed by atoms with E-state index in [1.807, 2.05) is 23.6 Å². The average molecular weight is 296 g/mol. The van der Waals surface area contributed by atoms with Crippen molar-refractivity contribution in [3.63, 3.8) is 0 Å². The Bertz CT molecular complexity index is 348. The molecule has 0 atom stereocenters. The summed E-state index contributed by atoms with van der Waals surface area (Å²) in [6.45, 7) is 13.0. The Hall–Kier alpha value is -1.06. The number of amides is 2. The molecule has 0 N–H and O–H groups in total. The second kappa shape index (κ2) is 7.81. The Morgan fingerprint density at radius 1 is 0.905 bits per heavy atom. The zero-order valence-corrected chi connectivity index (χ0v) is 14.4. The highest BCUT2D eigenvalue weighted by Gasteiger charge is 2.33. The second-order valence-corrected chi connectivity index (χ2v) is 6.77. The lowest BCUT2D eigenvalue weighted by atomic mass is 9.73. The van der Waals surface area contributed by atoms with Crippen LogP contribution in [0.2, 0.25) is 0 Å². The summed E-state index contributed by atoms with van der Waals surface area (Å²) < 4.78 is 0. The maximum absolute atomic E-state index is 12.5. The number of carbonyl (C=O) groups excluding carboxylic acids is 2. The molecular weight excluding hydrogens is 264 g/mol. The quantitative estimate of drug-likeness (QED) is 0.746. The first-order valence-corrected chi connectivity index (χ1v) is 8.43. The summed E-state index contributed by atoms with van der Waals surface area (Å²) in [5.41, 5.74) is 0.407. The number of nitrogens with zero attached hydrogens (tertiary/aromatic N) is 2. The van der Waals surface area contributed by atoms with Gasteiger partial charge in [0.2, 0.25) is 11.8 Å². The molecule has 1 heterocycles. The van der Waals surface area contributed by atoms with Crippen molar-refractivity contribution in [1.29, 1.82) is 0 Å². The lowest BCUT2D eigenvalue weighted by Crippen LogP contribution is -2.51. The molecule has 21 heavy (non-hydrogen) atoms.